The van der Waals surface area contributed by atoms with Crippen LogP contribution in [-0.2, 0) is 0 Å². The summed E-state index contributed by atoms with van der Waals surface area (Å²) in [6.07, 6.45) is 1.95. The van der Waals surface area contributed by atoms with Crippen molar-refractivity contribution < 1.29 is 4.39 Å². The fourth-order valence-electron chi connectivity index (χ4n) is 3.17. The third-order valence-corrected chi connectivity index (χ3v) is 4.26. The summed E-state index contributed by atoms with van der Waals surface area (Å²) >= 11 is 0. The molecule has 0 amide bonds. The predicted octanol–water partition coefficient (Wildman–Crippen LogP) is 2.95. The number of nitrogens with zero attached hydrogens (tertiary/aromatic N) is 2. The number of benzene rings is 2. The van der Waals surface area contributed by atoms with Gasteiger partial charge in [0.15, 0.2) is 0 Å². The maximum atomic E-state index is 14.2. The second-order valence-corrected chi connectivity index (χ2v) is 5.73. The van der Waals surface area contributed by atoms with E-state index >= 15 is 0 Å². The van der Waals surface area contributed by atoms with E-state index in [2.05, 4.69) is 10.3 Å². The largest absolute Gasteiger partial charge is 0.307 e. The van der Waals surface area contributed by atoms with Crippen LogP contribution in [0.5, 0.6) is 0 Å². The SMILES string of the molecule is O=c1c2c(F)cccc2nc(C2CCCN2)n1-c1ccccc1. The van der Waals surface area contributed by atoms with Crippen LogP contribution < -0.4 is 10.9 Å². The molecule has 2 aromatic carbocycles. The Labute approximate surface area is 132 Å². The maximum Gasteiger partial charge on any atom is 0.269 e. The molecule has 1 aliphatic rings. The predicted molar refractivity (Wildman–Crippen MR) is 87.3 cm³/mol. The van der Waals surface area contributed by atoms with Crippen LogP contribution in [0.25, 0.3) is 16.6 Å². The van der Waals surface area contributed by atoms with Crippen LogP contribution in [0.4, 0.5) is 4.39 Å². The summed E-state index contributed by atoms with van der Waals surface area (Å²) in [5.41, 5.74) is 0.757. The molecule has 4 nitrogen and oxygen atoms in total. The van der Waals surface area contributed by atoms with Crippen molar-refractivity contribution >= 4 is 10.9 Å². The molecule has 0 aliphatic carbocycles. The highest BCUT2D eigenvalue weighted by molar-refractivity contribution is 5.78. The van der Waals surface area contributed by atoms with Gasteiger partial charge in [0.25, 0.3) is 5.56 Å². The molecule has 0 saturated carbocycles. The van der Waals surface area contributed by atoms with Crippen LogP contribution in [0, 0.1) is 5.82 Å². The summed E-state index contributed by atoms with van der Waals surface area (Å²) < 4.78 is 15.7. The van der Waals surface area contributed by atoms with E-state index < -0.39 is 5.82 Å². The van der Waals surface area contributed by atoms with Crippen LogP contribution >= 0.6 is 0 Å². The first-order valence-corrected chi connectivity index (χ1v) is 7.75. The van der Waals surface area contributed by atoms with Crippen LogP contribution in [0.15, 0.2) is 53.3 Å². The van der Waals surface area contributed by atoms with Gasteiger partial charge in [-0.15, -0.1) is 0 Å². The van der Waals surface area contributed by atoms with Gasteiger partial charge in [-0.1, -0.05) is 24.3 Å². The van der Waals surface area contributed by atoms with Crippen molar-refractivity contribution in [3.63, 3.8) is 0 Å². The number of hydrogen-bond donors (Lipinski definition) is 1. The maximum absolute atomic E-state index is 14.2. The Morgan fingerprint density at radius 1 is 1.13 bits per heavy atom. The minimum Gasteiger partial charge on any atom is -0.307 e. The van der Waals surface area contributed by atoms with E-state index in [1.807, 2.05) is 30.3 Å². The van der Waals surface area contributed by atoms with Crippen LogP contribution in [0.3, 0.4) is 0 Å². The first kappa shape index (κ1) is 14.1. The van der Waals surface area contributed by atoms with E-state index in [-0.39, 0.29) is 17.0 Å². The monoisotopic (exact) mass is 309 g/mol. The molecule has 0 radical (unpaired) electrons. The molecule has 0 spiro atoms. The molecule has 5 heteroatoms. The quantitative estimate of drug-likeness (QED) is 0.792. The Balaban J connectivity index is 2.08. The zero-order chi connectivity index (χ0) is 15.8. The zero-order valence-electron chi connectivity index (χ0n) is 12.5. The number of rotatable bonds is 2. The van der Waals surface area contributed by atoms with E-state index in [1.54, 1.807) is 12.1 Å². The number of fused-ring (bicyclic) bond motifs is 1. The Bertz CT molecular complexity index is 915. The molecule has 1 aromatic heterocycles. The lowest BCUT2D eigenvalue weighted by Crippen LogP contribution is -2.29. The second-order valence-electron chi connectivity index (χ2n) is 5.73. The number of halogens is 1. The average molecular weight is 309 g/mol. The molecule has 23 heavy (non-hydrogen) atoms. The number of para-hydroxylation sites is 1. The minimum absolute atomic E-state index is 0.00979. The summed E-state index contributed by atoms with van der Waals surface area (Å²) in [4.78, 5) is 17.6. The van der Waals surface area contributed by atoms with Gasteiger partial charge in [-0.3, -0.25) is 9.36 Å². The Hall–Kier alpha value is -2.53. The Morgan fingerprint density at radius 3 is 2.70 bits per heavy atom. The normalized spacial score (nSPS) is 17.7. The molecular weight excluding hydrogens is 293 g/mol. The Kier molecular flexibility index (Phi) is 3.42. The first-order valence-electron chi connectivity index (χ1n) is 7.75. The molecule has 1 N–H and O–H groups in total. The van der Waals surface area contributed by atoms with Crippen molar-refractivity contribution in [1.82, 2.24) is 14.9 Å². The molecule has 3 aromatic rings. The van der Waals surface area contributed by atoms with Crippen LogP contribution in [0.1, 0.15) is 24.7 Å². The van der Waals surface area contributed by atoms with Gasteiger partial charge in [-0.2, -0.15) is 0 Å². The van der Waals surface area contributed by atoms with Gasteiger partial charge in [0, 0.05) is 0 Å². The summed E-state index contributed by atoms with van der Waals surface area (Å²) in [5, 5.41) is 3.41. The summed E-state index contributed by atoms with van der Waals surface area (Å²) in [6, 6.07) is 13.9. The van der Waals surface area contributed by atoms with Gasteiger partial charge in [0.05, 0.1) is 17.2 Å². The van der Waals surface area contributed by atoms with Gasteiger partial charge < -0.3 is 5.32 Å². The van der Waals surface area contributed by atoms with Crippen molar-refractivity contribution in [2.75, 3.05) is 6.54 Å². The van der Waals surface area contributed by atoms with E-state index in [4.69, 9.17) is 0 Å². The van der Waals surface area contributed by atoms with Crippen LogP contribution in [-0.4, -0.2) is 16.1 Å². The summed E-state index contributed by atoms with van der Waals surface area (Å²) in [5.74, 6) is 0.118. The fourth-order valence-corrected chi connectivity index (χ4v) is 3.17. The fraction of sp³-hybridized carbons (Fsp3) is 0.222. The van der Waals surface area contributed by atoms with E-state index in [0.717, 1.165) is 19.4 Å². The molecule has 1 atom stereocenters. The molecule has 1 fully saturated rings. The average Bonchev–Trinajstić information content (AvgIpc) is 3.09. The third kappa shape index (κ3) is 2.33. The van der Waals surface area contributed by atoms with Gasteiger partial charge in [-0.25, -0.2) is 9.37 Å². The molecule has 1 unspecified atom stereocenters. The molecule has 4 rings (SSSR count). The first-order chi connectivity index (χ1) is 11.3. The number of hydrogen-bond acceptors (Lipinski definition) is 3. The summed E-state index contributed by atoms with van der Waals surface area (Å²) in [6.45, 7) is 0.899. The third-order valence-electron chi connectivity index (χ3n) is 4.26. The van der Waals surface area contributed by atoms with Gasteiger partial charge in [0.1, 0.15) is 17.0 Å². The molecule has 116 valence electrons. The van der Waals surface area contributed by atoms with Gasteiger partial charge >= 0.3 is 0 Å². The van der Waals surface area contributed by atoms with Crippen molar-refractivity contribution in [3.05, 3.63) is 70.5 Å². The lowest BCUT2D eigenvalue weighted by atomic mass is 10.1. The molecule has 0 bridgehead atoms. The minimum atomic E-state index is -0.532. The number of nitrogens with one attached hydrogen (secondary N) is 1. The highest BCUT2D eigenvalue weighted by Gasteiger charge is 2.24. The lowest BCUT2D eigenvalue weighted by molar-refractivity contribution is 0.581. The van der Waals surface area contributed by atoms with Crippen LogP contribution in [0.2, 0.25) is 0 Å². The molecule has 2 heterocycles. The number of aromatic nitrogens is 2. The van der Waals surface area contributed by atoms with Gasteiger partial charge in [0.2, 0.25) is 0 Å². The second kappa shape index (κ2) is 5.59. The molecule has 1 aliphatic heterocycles. The van der Waals surface area contributed by atoms with E-state index in [9.17, 15) is 9.18 Å². The standard InChI is InChI=1S/C18H16FN3O/c19-13-8-4-9-14-16(13)18(23)22(12-6-2-1-3-7-12)17(21-14)15-10-5-11-20-15/h1-4,6-9,15,20H,5,10-11H2. The smallest absolute Gasteiger partial charge is 0.269 e. The van der Waals surface area contributed by atoms with Crippen molar-refractivity contribution in [3.8, 4) is 5.69 Å². The van der Waals surface area contributed by atoms with Crippen molar-refractivity contribution in [1.29, 1.82) is 0 Å². The molecular formula is C18H16FN3O. The zero-order valence-corrected chi connectivity index (χ0v) is 12.5. The van der Waals surface area contributed by atoms with E-state index in [0.29, 0.717) is 17.0 Å². The highest BCUT2D eigenvalue weighted by atomic mass is 19.1. The highest BCUT2D eigenvalue weighted by Crippen LogP contribution is 2.25. The van der Waals surface area contributed by atoms with E-state index in [1.165, 1.54) is 10.6 Å². The van der Waals surface area contributed by atoms with Gasteiger partial charge in [-0.05, 0) is 43.7 Å². The Morgan fingerprint density at radius 2 is 1.96 bits per heavy atom. The summed E-state index contributed by atoms with van der Waals surface area (Å²) in [7, 11) is 0. The lowest BCUT2D eigenvalue weighted by Gasteiger charge is -2.18. The van der Waals surface area contributed by atoms with Crippen molar-refractivity contribution in [2.24, 2.45) is 0 Å². The van der Waals surface area contributed by atoms with Crippen molar-refractivity contribution in [2.45, 2.75) is 18.9 Å². The topological polar surface area (TPSA) is 46.9 Å². The molecule has 1 saturated heterocycles.